The van der Waals surface area contributed by atoms with Crippen molar-refractivity contribution in [1.82, 2.24) is 5.16 Å². The lowest BCUT2D eigenvalue weighted by molar-refractivity contribution is 0.402. The molecule has 0 bridgehead atoms. The fraction of sp³-hybridized carbons (Fsp3) is 0. The number of hydrogen-bond acceptors (Lipinski definition) is 4. The third-order valence-corrected chi connectivity index (χ3v) is 3.52. The van der Waals surface area contributed by atoms with E-state index >= 15 is 0 Å². The molecule has 2 N–H and O–H groups in total. The quantitative estimate of drug-likeness (QED) is 0.660. The highest BCUT2D eigenvalue weighted by atomic mass is 35.5. The minimum absolute atomic E-state index is 0.0444. The van der Waals surface area contributed by atoms with Crippen LogP contribution in [-0.4, -0.2) is 15.4 Å². The summed E-state index contributed by atoms with van der Waals surface area (Å²) in [5.74, 6) is -1.01. The van der Waals surface area contributed by atoms with E-state index in [0.717, 1.165) is 5.56 Å². The van der Waals surface area contributed by atoms with Crippen LogP contribution in [0.1, 0.15) is 0 Å². The summed E-state index contributed by atoms with van der Waals surface area (Å²) in [6, 6.07) is 9.19. The van der Waals surface area contributed by atoms with Crippen LogP contribution in [0, 0.1) is 0 Å². The predicted molar refractivity (Wildman–Crippen MR) is 72.8 cm³/mol. The van der Waals surface area contributed by atoms with Gasteiger partial charge >= 0.3 is 0 Å². The van der Waals surface area contributed by atoms with Gasteiger partial charge in [0.2, 0.25) is 0 Å². The Hall–Kier alpha value is -1.91. The molecule has 0 aliphatic heterocycles. The van der Waals surface area contributed by atoms with Crippen LogP contribution >= 0.6 is 23.2 Å². The molecular formula is C13H7Cl2NO3. The number of hydrogen-bond donors (Lipinski definition) is 2. The summed E-state index contributed by atoms with van der Waals surface area (Å²) in [7, 11) is 0. The zero-order valence-corrected chi connectivity index (χ0v) is 10.9. The van der Waals surface area contributed by atoms with Gasteiger partial charge in [0.05, 0.1) is 10.4 Å². The van der Waals surface area contributed by atoms with Crippen LogP contribution in [0.2, 0.25) is 10.0 Å². The molecule has 0 amide bonds. The molecule has 4 nitrogen and oxygen atoms in total. The number of halogens is 2. The highest BCUT2D eigenvalue weighted by molar-refractivity contribution is 6.43. The molecule has 1 heterocycles. The van der Waals surface area contributed by atoms with Crippen molar-refractivity contribution in [2.45, 2.75) is 0 Å². The lowest BCUT2D eigenvalue weighted by Crippen LogP contribution is -1.80. The summed E-state index contributed by atoms with van der Waals surface area (Å²) in [6.45, 7) is 0. The van der Waals surface area contributed by atoms with Crippen molar-refractivity contribution < 1.29 is 14.7 Å². The summed E-state index contributed by atoms with van der Waals surface area (Å²) < 4.78 is 5.11. The number of nitrogens with zero attached hydrogens (tertiary/aromatic N) is 1. The zero-order valence-electron chi connectivity index (χ0n) is 9.39. The van der Waals surface area contributed by atoms with Crippen molar-refractivity contribution in [3.05, 3.63) is 40.4 Å². The smallest absolute Gasteiger partial charge is 0.191 e. The van der Waals surface area contributed by atoms with Crippen molar-refractivity contribution >= 4 is 34.2 Å². The topological polar surface area (TPSA) is 66.5 Å². The van der Waals surface area contributed by atoms with E-state index < -0.39 is 11.5 Å². The van der Waals surface area contributed by atoms with E-state index in [0.29, 0.717) is 11.1 Å². The molecule has 0 fully saturated rings. The van der Waals surface area contributed by atoms with E-state index in [9.17, 15) is 10.2 Å². The molecule has 0 radical (unpaired) electrons. The fourth-order valence-electron chi connectivity index (χ4n) is 1.87. The molecule has 3 rings (SSSR count). The number of fused-ring (bicyclic) bond motifs is 1. The first kappa shape index (κ1) is 12.1. The molecule has 0 aliphatic carbocycles. The van der Waals surface area contributed by atoms with Crippen LogP contribution in [0.4, 0.5) is 0 Å². The molecule has 19 heavy (non-hydrogen) atoms. The van der Waals surface area contributed by atoms with Gasteiger partial charge in [-0.3, -0.25) is 0 Å². The number of aromatic nitrogens is 1. The maximum atomic E-state index is 9.74. The van der Waals surface area contributed by atoms with Crippen LogP contribution < -0.4 is 0 Å². The van der Waals surface area contributed by atoms with Crippen molar-refractivity contribution in [2.24, 2.45) is 0 Å². The lowest BCUT2D eigenvalue weighted by Gasteiger charge is -2.04. The Morgan fingerprint density at radius 1 is 0.947 bits per heavy atom. The van der Waals surface area contributed by atoms with Gasteiger partial charge in [-0.05, 0) is 0 Å². The van der Waals surface area contributed by atoms with Crippen LogP contribution in [0.3, 0.4) is 0 Å². The SMILES string of the molecule is Oc1c(O)c(Cl)c2c(-c3ccccc3)noc2c1Cl. The number of phenolic OH excluding ortho intramolecular Hbond substituents is 2. The predicted octanol–water partition coefficient (Wildman–Crippen LogP) is 4.21. The van der Waals surface area contributed by atoms with Crippen LogP contribution in [-0.2, 0) is 0 Å². The standard InChI is InChI=1S/C13H7Cl2NO3/c14-8-7-10(6-4-2-1-3-5-6)16-19-13(7)9(15)12(18)11(8)17/h1-5,17-18H. The first-order chi connectivity index (χ1) is 9.11. The van der Waals surface area contributed by atoms with E-state index in [4.69, 9.17) is 27.7 Å². The molecule has 1 aromatic heterocycles. The second kappa shape index (κ2) is 4.33. The number of aromatic hydroxyl groups is 2. The van der Waals surface area contributed by atoms with Gasteiger partial charge in [0.15, 0.2) is 17.1 Å². The van der Waals surface area contributed by atoms with Gasteiger partial charge in [-0.25, -0.2) is 0 Å². The number of benzene rings is 2. The highest BCUT2D eigenvalue weighted by Gasteiger charge is 2.23. The molecule has 0 spiro atoms. The molecular weight excluding hydrogens is 289 g/mol. The Labute approximate surface area is 117 Å². The third-order valence-electron chi connectivity index (χ3n) is 2.80. The van der Waals surface area contributed by atoms with Crippen molar-refractivity contribution in [3.8, 4) is 22.8 Å². The number of rotatable bonds is 1. The molecule has 6 heteroatoms. The highest BCUT2D eigenvalue weighted by Crippen LogP contribution is 2.48. The normalized spacial score (nSPS) is 11.1. The van der Waals surface area contributed by atoms with Gasteiger partial charge in [-0.15, -0.1) is 0 Å². The molecule has 0 unspecified atom stereocenters. The van der Waals surface area contributed by atoms with Crippen LogP contribution in [0.15, 0.2) is 34.9 Å². The summed E-state index contributed by atoms with van der Waals surface area (Å²) in [5, 5.41) is 23.5. The van der Waals surface area contributed by atoms with Gasteiger partial charge in [0.1, 0.15) is 10.7 Å². The molecule has 0 atom stereocenters. The van der Waals surface area contributed by atoms with Crippen molar-refractivity contribution in [2.75, 3.05) is 0 Å². The second-order valence-electron chi connectivity index (χ2n) is 3.93. The summed E-state index contributed by atoms with van der Waals surface area (Å²) >= 11 is 11.9. The zero-order chi connectivity index (χ0) is 13.6. The van der Waals surface area contributed by atoms with Gasteiger partial charge in [0, 0.05) is 5.56 Å². The Morgan fingerprint density at radius 3 is 2.26 bits per heavy atom. The monoisotopic (exact) mass is 295 g/mol. The fourth-order valence-corrected chi connectivity index (χ4v) is 2.35. The van der Waals surface area contributed by atoms with Crippen molar-refractivity contribution in [1.29, 1.82) is 0 Å². The van der Waals surface area contributed by atoms with Gasteiger partial charge in [0.25, 0.3) is 0 Å². The molecule has 0 saturated carbocycles. The number of phenols is 2. The Morgan fingerprint density at radius 2 is 1.58 bits per heavy atom. The van der Waals surface area contributed by atoms with Gasteiger partial charge in [-0.1, -0.05) is 58.7 Å². The van der Waals surface area contributed by atoms with E-state index in [1.165, 1.54) is 0 Å². The molecule has 0 aliphatic rings. The first-order valence-electron chi connectivity index (χ1n) is 5.35. The molecule has 3 aromatic rings. The minimum atomic E-state index is -0.519. The first-order valence-corrected chi connectivity index (χ1v) is 6.10. The third kappa shape index (κ3) is 1.72. The Kier molecular flexibility index (Phi) is 2.77. The maximum absolute atomic E-state index is 9.74. The Bertz CT molecular complexity index is 769. The lowest BCUT2D eigenvalue weighted by atomic mass is 10.1. The van der Waals surface area contributed by atoms with Crippen LogP contribution in [0.5, 0.6) is 11.5 Å². The van der Waals surface area contributed by atoms with E-state index in [2.05, 4.69) is 5.16 Å². The molecule has 96 valence electrons. The molecule has 0 saturated heterocycles. The van der Waals surface area contributed by atoms with Crippen LogP contribution in [0.25, 0.3) is 22.2 Å². The van der Waals surface area contributed by atoms with Gasteiger partial charge in [-0.2, -0.15) is 0 Å². The van der Waals surface area contributed by atoms with Crippen molar-refractivity contribution in [3.63, 3.8) is 0 Å². The molecule has 2 aromatic carbocycles. The van der Waals surface area contributed by atoms with E-state index in [1.54, 1.807) is 0 Å². The summed E-state index contributed by atoms with van der Waals surface area (Å²) in [4.78, 5) is 0. The maximum Gasteiger partial charge on any atom is 0.191 e. The van der Waals surface area contributed by atoms with E-state index in [1.807, 2.05) is 30.3 Å². The summed E-state index contributed by atoms with van der Waals surface area (Å²) in [5.41, 5.74) is 1.36. The van der Waals surface area contributed by atoms with E-state index in [-0.39, 0.29) is 15.6 Å². The van der Waals surface area contributed by atoms with Gasteiger partial charge < -0.3 is 14.7 Å². The average Bonchev–Trinajstić information content (AvgIpc) is 2.88. The Balaban J connectivity index is 2.42. The summed E-state index contributed by atoms with van der Waals surface area (Å²) in [6.07, 6.45) is 0. The minimum Gasteiger partial charge on any atom is -0.503 e. The second-order valence-corrected chi connectivity index (χ2v) is 4.68. The average molecular weight is 296 g/mol. The largest absolute Gasteiger partial charge is 0.503 e.